The van der Waals surface area contributed by atoms with Gasteiger partial charge in [-0.15, -0.1) is 0 Å². The summed E-state index contributed by atoms with van der Waals surface area (Å²) in [5.74, 6) is 0.786. The molecule has 2 aromatic rings. The first-order chi connectivity index (χ1) is 13.4. The Kier molecular flexibility index (Phi) is 6.05. The molecule has 1 saturated heterocycles. The van der Waals surface area contributed by atoms with Crippen molar-refractivity contribution >= 4 is 16.1 Å². The number of nitrogens with zero attached hydrogens (tertiary/aromatic N) is 1. The fourth-order valence-corrected chi connectivity index (χ4v) is 4.33. The van der Waals surface area contributed by atoms with Gasteiger partial charge in [-0.25, -0.2) is 13.2 Å². The summed E-state index contributed by atoms with van der Waals surface area (Å²) >= 11 is 0. The van der Waals surface area contributed by atoms with Crippen molar-refractivity contribution in [3.8, 4) is 11.5 Å². The number of sulfonamides is 1. The zero-order valence-corrected chi connectivity index (χ0v) is 16.4. The van der Waals surface area contributed by atoms with Crippen molar-refractivity contribution in [2.45, 2.75) is 17.5 Å². The first-order valence-electron chi connectivity index (χ1n) is 8.63. The Morgan fingerprint density at radius 2 is 1.75 bits per heavy atom. The molecule has 1 aliphatic rings. The van der Waals surface area contributed by atoms with E-state index in [4.69, 9.17) is 14.2 Å². The van der Waals surface area contributed by atoms with Crippen molar-refractivity contribution in [1.29, 1.82) is 0 Å². The van der Waals surface area contributed by atoms with Gasteiger partial charge in [0.2, 0.25) is 10.0 Å². The lowest BCUT2D eigenvalue weighted by atomic mass is 10.2. The maximum absolute atomic E-state index is 12.7. The van der Waals surface area contributed by atoms with E-state index in [2.05, 4.69) is 5.32 Å². The Morgan fingerprint density at radius 1 is 1.07 bits per heavy atom. The number of nitrogens with one attached hydrogen (secondary N) is 1. The largest absolute Gasteiger partial charge is 0.493 e. The van der Waals surface area contributed by atoms with Crippen LogP contribution in [0, 0.1) is 0 Å². The van der Waals surface area contributed by atoms with E-state index in [1.807, 2.05) is 30.3 Å². The van der Waals surface area contributed by atoms with Crippen LogP contribution in [0.15, 0.2) is 53.4 Å². The van der Waals surface area contributed by atoms with Crippen LogP contribution in [0.25, 0.3) is 0 Å². The second kappa shape index (κ2) is 8.49. The summed E-state index contributed by atoms with van der Waals surface area (Å²) in [5.41, 5.74) is 0.879. The summed E-state index contributed by atoms with van der Waals surface area (Å²) in [6.07, 6.45) is -0.572. The van der Waals surface area contributed by atoms with E-state index in [9.17, 15) is 13.2 Å². The zero-order chi connectivity index (χ0) is 20.1. The molecule has 0 unspecified atom stereocenters. The van der Waals surface area contributed by atoms with Crippen molar-refractivity contribution < 1.29 is 27.4 Å². The lowest BCUT2D eigenvalue weighted by Crippen LogP contribution is -2.60. The monoisotopic (exact) mass is 406 g/mol. The molecule has 8 nitrogen and oxygen atoms in total. The molecule has 3 rings (SSSR count). The summed E-state index contributed by atoms with van der Waals surface area (Å²) in [5, 5.41) is 2.67. The third-order valence-corrected chi connectivity index (χ3v) is 6.20. The predicted octanol–water partition coefficient (Wildman–Crippen LogP) is 2.00. The van der Waals surface area contributed by atoms with Crippen molar-refractivity contribution in [1.82, 2.24) is 9.62 Å². The number of amides is 1. The molecule has 1 fully saturated rings. The summed E-state index contributed by atoms with van der Waals surface area (Å²) in [4.78, 5) is 12.0. The molecule has 0 bridgehead atoms. The van der Waals surface area contributed by atoms with Crippen LogP contribution in [0.4, 0.5) is 4.79 Å². The van der Waals surface area contributed by atoms with Gasteiger partial charge in [0.05, 0.1) is 25.2 Å². The molecule has 28 heavy (non-hydrogen) atoms. The van der Waals surface area contributed by atoms with Gasteiger partial charge in [-0.05, 0) is 17.7 Å². The normalized spacial score (nSPS) is 14.8. The quantitative estimate of drug-likeness (QED) is 0.756. The van der Waals surface area contributed by atoms with Crippen LogP contribution < -0.4 is 14.8 Å². The number of methoxy groups -OCH3 is 2. The highest BCUT2D eigenvalue weighted by atomic mass is 32.2. The number of hydrogen-bond donors (Lipinski definition) is 1. The molecule has 1 aliphatic heterocycles. The molecule has 0 saturated carbocycles. The van der Waals surface area contributed by atoms with Crippen LogP contribution in [0.1, 0.15) is 5.56 Å². The maximum Gasteiger partial charge on any atom is 0.407 e. The molecule has 0 aromatic heterocycles. The lowest BCUT2D eigenvalue weighted by Gasteiger charge is -2.38. The Hall–Kier alpha value is -2.78. The number of hydrogen-bond acceptors (Lipinski definition) is 6. The number of benzene rings is 2. The Labute approximate surface area is 164 Å². The predicted molar refractivity (Wildman–Crippen MR) is 102 cm³/mol. The maximum atomic E-state index is 12.7. The lowest BCUT2D eigenvalue weighted by molar-refractivity contribution is 0.123. The number of carbonyl (C=O) groups excluding carboxylic acids is 1. The van der Waals surface area contributed by atoms with Crippen LogP contribution in [0.5, 0.6) is 11.5 Å². The number of carbonyl (C=O) groups is 1. The molecular formula is C19H22N2O6S. The molecule has 9 heteroatoms. The summed E-state index contributed by atoms with van der Waals surface area (Å²) in [7, 11) is -0.754. The van der Waals surface area contributed by atoms with E-state index in [-0.39, 0.29) is 30.6 Å². The molecule has 1 N–H and O–H groups in total. The fourth-order valence-electron chi connectivity index (χ4n) is 2.78. The number of alkyl carbamates (subject to hydrolysis) is 1. The molecular weight excluding hydrogens is 384 g/mol. The second-order valence-electron chi connectivity index (χ2n) is 6.24. The highest BCUT2D eigenvalue weighted by molar-refractivity contribution is 7.89. The fraction of sp³-hybridized carbons (Fsp3) is 0.316. The van der Waals surface area contributed by atoms with Gasteiger partial charge in [0, 0.05) is 19.2 Å². The van der Waals surface area contributed by atoms with Gasteiger partial charge in [0.1, 0.15) is 6.61 Å². The summed E-state index contributed by atoms with van der Waals surface area (Å²) in [6.45, 7) is 0.515. The SMILES string of the molecule is COc1ccc(S(=O)(=O)N2CC(NC(=O)OCc3ccccc3)C2)cc1OC. The van der Waals surface area contributed by atoms with Gasteiger partial charge in [0.25, 0.3) is 0 Å². The van der Waals surface area contributed by atoms with E-state index in [1.54, 1.807) is 6.07 Å². The van der Waals surface area contributed by atoms with Crippen LogP contribution in [-0.2, 0) is 21.4 Å². The highest BCUT2D eigenvalue weighted by Crippen LogP contribution is 2.31. The van der Waals surface area contributed by atoms with Crippen molar-refractivity contribution in [3.63, 3.8) is 0 Å². The summed E-state index contributed by atoms with van der Waals surface area (Å²) < 4.78 is 42.1. The van der Waals surface area contributed by atoms with Gasteiger partial charge in [-0.1, -0.05) is 30.3 Å². The van der Waals surface area contributed by atoms with E-state index >= 15 is 0 Å². The topological polar surface area (TPSA) is 94.2 Å². The molecule has 1 amide bonds. The van der Waals surface area contributed by atoms with Crippen molar-refractivity contribution in [3.05, 3.63) is 54.1 Å². The Morgan fingerprint density at radius 3 is 2.39 bits per heavy atom. The van der Waals surface area contributed by atoms with Crippen LogP contribution in [-0.4, -0.2) is 52.2 Å². The standard InChI is InChI=1S/C19H22N2O6S/c1-25-17-9-8-16(10-18(17)26-2)28(23,24)21-11-15(12-21)20-19(22)27-13-14-6-4-3-5-7-14/h3-10,15H,11-13H2,1-2H3,(H,20,22). The van der Waals surface area contributed by atoms with Gasteiger partial charge < -0.3 is 19.5 Å². The van der Waals surface area contributed by atoms with Gasteiger partial charge in [-0.3, -0.25) is 0 Å². The number of ether oxygens (including phenoxy) is 3. The van der Waals surface area contributed by atoms with E-state index in [0.29, 0.717) is 11.5 Å². The Balaban J connectivity index is 1.53. The highest BCUT2D eigenvalue weighted by Gasteiger charge is 2.38. The average molecular weight is 406 g/mol. The summed E-state index contributed by atoms with van der Waals surface area (Å²) in [6, 6.07) is 13.4. The minimum Gasteiger partial charge on any atom is -0.493 e. The van der Waals surface area contributed by atoms with E-state index < -0.39 is 16.1 Å². The van der Waals surface area contributed by atoms with Crippen LogP contribution in [0.3, 0.4) is 0 Å². The first kappa shape index (κ1) is 20.0. The average Bonchev–Trinajstić information content (AvgIpc) is 2.68. The molecule has 0 radical (unpaired) electrons. The van der Waals surface area contributed by atoms with Crippen molar-refractivity contribution in [2.24, 2.45) is 0 Å². The third kappa shape index (κ3) is 4.37. The van der Waals surface area contributed by atoms with Crippen LogP contribution in [0.2, 0.25) is 0 Å². The first-order valence-corrected chi connectivity index (χ1v) is 10.1. The minimum atomic E-state index is -3.68. The zero-order valence-electron chi connectivity index (χ0n) is 15.6. The molecule has 0 spiro atoms. The van der Waals surface area contributed by atoms with Crippen LogP contribution >= 0.6 is 0 Å². The smallest absolute Gasteiger partial charge is 0.407 e. The molecule has 1 heterocycles. The minimum absolute atomic E-state index is 0.107. The van der Waals surface area contributed by atoms with Gasteiger partial charge >= 0.3 is 6.09 Å². The second-order valence-corrected chi connectivity index (χ2v) is 8.18. The van der Waals surface area contributed by atoms with Gasteiger partial charge in [0.15, 0.2) is 11.5 Å². The number of rotatable bonds is 7. The third-order valence-electron chi connectivity index (χ3n) is 4.38. The molecule has 0 aliphatic carbocycles. The van der Waals surface area contributed by atoms with Crippen molar-refractivity contribution in [2.75, 3.05) is 27.3 Å². The Bertz CT molecular complexity index is 927. The van der Waals surface area contributed by atoms with E-state index in [0.717, 1.165) is 5.56 Å². The molecule has 0 atom stereocenters. The van der Waals surface area contributed by atoms with Gasteiger partial charge in [-0.2, -0.15) is 4.31 Å². The molecule has 2 aromatic carbocycles. The van der Waals surface area contributed by atoms with E-state index in [1.165, 1.54) is 30.7 Å². The molecule has 150 valence electrons.